The van der Waals surface area contributed by atoms with Gasteiger partial charge in [0.25, 0.3) is 0 Å². The summed E-state index contributed by atoms with van der Waals surface area (Å²) in [5.74, 6) is -0.271. The Morgan fingerprint density at radius 1 is 1.29 bits per heavy atom. The zero-order chi connectivity index (χ0) is 12.1. The molecule has 1 aliphatic rings. The van der Waals surface area contributed by atoms with E-state index in [9.17, 15) is 4.39 Å². The molecule has 0 fully saturated rings. The quantitative estimate of drug-likeness (QED) is 0.616. The minimum absolute atomic E-state index is 0.271. The highest BCUT2D eigenvalue weighted by molar-refractivity contribution is 6.30. The average molecular weight is 254 g/mol. The molecule has 0 aliphatic heterocycles. The molecule has 0 heterocycles. The van der Waals surface area contributed by atoms with Crippen LogP contribution in [0.2, 0.25) is 5.02 Å². The molecule has 0 saturated heterocycles. The molecule has 1 N–H and O–H groups in total. The Balaban J connectivity index is 1.74. The van der Waals surface area contributed by atoms with Crippen molar-refractivity contribution in [2.45, 2.75) is 32.2 Å². The number of rotatable bonds is 5. The van der Waals surface area contributed by atoms with Crippen molar-refractivity contribution in [1.82, 2.24) is 5.32 Å². The van der Waals surface area contributed by atoms with Gasteiger partial charge in [0.1, 0.15) is 5.82 Å². The lowest BCUT2D eigenvalue weighted by molar-refractivity contribution is 0.619. The van der Waals surface area contributed by atoms with Crippen LogP contribution < -0.4 is 5.32 Å². The fourth-order valence-corrected chi connectivity index (χ4v) is 2.40. The van der Waals surface area contributed by atoms with Crippen molar-refractivity contribution in [3.8, 4) is 0 Å². The molecule has 0 saturated carbocycles. The molecule has 1 aromatic rings. The summed E-state index contributed by atoms with van der Waals surface area (Å²) < 4.78 is 13.1. The Hall–Kier alpha value is -0.860. The molecule has 0 spiro atoms. The largest absolute Gasteiger partial charge is 0.312 e. The van der Waals surface area contributed by atoms with E-state index < -0.39 is 0 Å². The van der Waals surface area contributed by atoms with Gasteiger partial charge in [0, 0.05) is 11.6 Å². The zero-order valence-electron chi connectivity index (χ0n) is 9.81. The van der Waals surface area contributed by atoms with Crippen LogP contribution in [0.5, 0.6) is 0 Å². The predicted octanol–water partition coefficient (Wildman–Crippen LogP) is 4.07. The number of hydrogen-bond acceptors (Lipinski definition) is 1. The molecule has 0 unspecified atom stereocenters. The van der Waals surface area contributed by atoms with E-state index in [4.69, 9.17) is 11.6 Å². The summed E-state index contributed by atoms with van der Waals surface area (Å²) in [5.41, 5.74) is 2.45. The highest BCUT2D eigenvalue weighted by Crippen LogP contribution is 2.20. The smallest absolute Gasteiger partial charge is 0.125 e. The average Bonchev–Trinajstić information content (AvgIpc) is 2.76. The third-order valence-electron chi connectivity index (χ3n) is 3.01. The van der Waals surface area contributed by atoms with Gasteiger partial charge in [-0.05, 0) is 56.0 Å². The highest BCUT2D eigenvalue weighted by atomic mass is 35.5. The van der Waals surface area contributed by atoms with Crippen LogP contribution >= 0.6 is 11.6 Å². The van der Waals surface area contributed by atoms with E-state index in [1.54, 1.807) is 11.6 Å². The second-order valence-corrected chi connectivity index (χ2v) is 4.90. The topological polar surface area (TPSA) is 12.0 Å². The summed E-state index contributed by atoms with van der Waals surface area (Å²) >= 11 is 5.79. The molecule has 0 radical (unpaired) electrons. The van der Waals surface area contributed by atoms with Gasteiger partial charge in [0.15, 0.2) is 0 Å². The van der Waals surface area contributed by atoms with Crippen LogP contribution in [0.25, 0.3) is 0 Å². The molecule has 0 atom stereocenters. The van der Waals surface area contributed by atoms with Crippen molar-refractivity contribution in [3.05, 3.63) is 46.3 Å². The summed E-state index contributed by atoms with van der Waals surface area (Å²) in [4.78, 5) is 0. The first-order valence-electron chi connectivity index (χ1n) is 6.07. The van der Waals surface area contributed by atoms with Gasteiger partial charge in [-0.3, -0.25) is 0 Å². The molecule has 17 heavy (non-hydrogen) atoms. The van der Waals surface area contributed by atoms with E-state index in [-0.39, 0.29) is 5.82 Å². The standard InChI is InChI=1S/C14H17ClFN/c15-13-7-12(8-14(16)9-13)10-17-6-5-11-3-1-2-4-11/h3,7-9,17H,1-2,4-6,10H2. The van der Waals surface area contributed by atoms with Crippen LogP contribution in [-0.4, -0.2) is 6.54 Å². The molecule has 0 aromatic heterocycles. The van der Waals surface area contributed by atoms with Crippen molar-refractivity contribution in [3.63, 3.8) is 0 Å². The Labute approximate surface area is 107 Å². The van der Waals surface area contributed by atoms with Gasteiger partial charge in [0.05, 0.1) is 0 Å². The molecule has 0 amide bonds. The number of nitrogens with one attached hydrogen (secondary N) is 1. The van der Waals surface area contributed by atoms with Crippen LogP contribution in [0.4, 0.5) is 4.39 Å². The van der Waals surface area contributed by atoms with Crippen LogP contribution in [0.3, 0.4) is 0 Å². The zero-order valence-corrected chi connectivity index (χ0v) is 10.6. The van der Waals surface area contributed by atoms with Crippen LogP contribution in [-0.2, 0) is 6.54 Å². The minimum Gasteiger partial charge on any atom is -0.312 e. The molecule has 1 aromatic carbocycles. The van der Waals surface area contributed by atoms with Crippen molar-refractivity contribution in [1.29, 1.82) is 0 Å². The molecule has 1 nitrogen and oxygen atoms in total. The second kappa shape index (κ2) is 6.18. The Kier molecular flexibility index (Phi) is 4.57. The second-order valence-electron chi connectivity index (χ2n) is 4.46. The predicted molar refractivity (Wildman–Crippen MR) is 69.7 cm³/mol. The summed E-state index contributed by atoms with van der Waals surface area (Å²) in [6.07, 6.45) is 7.21. The summed E-state index contributed by atoms with van der Waals surface area (Å²) in [7, 11) is 0. The van der Waals surface area contributed by atoms with Crippen molar-refractivity contribution in [2.75, 3.05) is 6.54 Å². The monoisotopic (exact) mass is 253 g/mol. The molecule has 0 bridgehead atoms. The van der Waals surface area contributed by atoms with E-state index >= 15 is 0 Å². The van der Waals surface area contributed by atoms with Gasteiger partial charge in [-0.1, -0.05) is 23.3 Å². The van der Waals surface area contributed by atoms with E-state index in [1.165, 1.54) is 31.4 Å². The third-order valence-corrected chi connectivity index (χ3v) is 3.23. The van der Waals surface area contributed by atoms with E-state index in [1.807, 2.05) is 0 Å². The molecule has 2 rings (SSSR count). The molecular weight excluding hydrogens is 237 g/mol. The first kappa shape index (κ1) is 12.6. The first-order chi connectivity index (χ1) is 8.24. The molecule has 92 valence electrons. The van der Waals surface area contributed by atoms with Gasteiger partial charge in [0.2, 0.25) is 0 Å². The molecular formula is C14H17ClFN. The van der Waals surface area contributed by atoms with Crippen molar-refractivity contribution < 1.29 is 4.39 Å². The van der Waals surface area contributed by atoms with E-state index in [0.29, 0.717) is 11.6 Å². The van der Waals surface area contributed by atoms with Crippen LogP contribution in [0.15, 0.2) is 29.8 Å². The number of benzene rings is 1. The van der Waals surface area contributed by atoms with Gasteiger partial charge in [-0.25, -0.2) is 4.39 Å². The Bertz CT molecular complexity index is 394. The third kappa shape index (κ3) is 4.14. The van der Waals surface area contributed by atoms with Gasteiger partial charge in [-0.2, -0.15) is 0 Å². The summed E-state index contributed by atoms with van der Waals surface area (Å²) in [5, 5.41) is 3.78. The SMILES string of the molecule is Fc1cc(Cl)cc(CNCCC2=CCCC2)c1. The Morgan fingerprint density at radius 3 is 2.88 bits per heavy atom. The fraction of sp³-hybridized carbons (Fsp3) is 0.429. The first-order valence-corrected chi connectivity index (χ1v) is 6.45. The van der Waals surface area contributed by atoms with E-state index in [2.05, 4.69) is 11.4 Å². The van der Waals surface area contributed by atoms with E-state index in [0.717, 1.165) is 18.5 Å². The normalized spacial score (nSPS) is 15.1. The van der Waals surface area contributed by atoms with Gasteiger partial charge >= 0.3 is 0 Å². The molecule has 3 heteroatoms. The lowest BCUT2D eigenvalue weighted by Crippen LogP contribution is -2.15. The Morgan fingerprint density at radius 2 is 2.18 bits per heavy atom. The fourth-order valence-electron chi connectivity index (χ4n) is 2.16. The molecule has 1 aliphatic carbocycles. The van der Waals surface area contributed by atoms with Gasteiger partial charge < -0.3 is 5.32 Å². The number of hydrogen-bond donors (Lipinski definition) is 1. The lowest BCUT2D eigenvalue weighted by Gasteiger charge is -2.06. The highest BCUT2D eigenvalue weighted by Gasteiger charge is 2.04. The summed E-state index contributed by atoms with van der Waals surface area (Å²) in [6, 6.07) is 4.65. The maximum absolute atomic E-state index is 13.1. The minimum atomic E-state index is -0.271. The van der Waals surface area contributed by atoms with Crippen molar-refractivity contribution >= 4 is 11.6 Å². The lowest BCUT2D eigenvalue weighted by atomic mass is 10.1. The summed E-state index contributed by atoms with van der Waals surface area (Å²) in [6.45, 7) is 1.62. The van der Waals surface area contributed by atoms with Crippen LogP contribution in [0.1, 0.15) is 31.2 Å². The number of halogens is 2. The maximum Gasteiger partial charge on any atom is 0.125 e. The maximum atomic E-state index is 13.1. The van der Waals surface area contributed by atoms with Gasteiger partial charge in [-0.15, -0.1) is 0 Å². The van der Waals surface area contributed by atoms with Crippen molar-refractivity contribution in [2.24, 2.45) is 0 Å². The van der Waals surface area contributed by atoms with Crippen LogP contribution in [0, 0.1) is 5.82 Å². The number of allylic oxidation sites excluding steroid dienone is 1.